The molecule has 1 saturated heterocycles. The Morgan fingerprint density at radius 3 is 2.79 bits per heavy atom. The molecular formula is C15H25N3O. The van der Waals surface area contributed by atoms with E-state index in [1.807, 2.05) is 0 Å². The number of aryl methyl sites for hydroxylation is 2. The second-order valence-electron chi connectivity index (χ2n) is 5.48. The predicted molar refractivity (Wildman–Crippen MR) is 78.7 cm³/mol. The first-order valence-electron chi connectivity index (χ1n) is 6.86. The van der Waals surface area contributed by atoms with E-state index in [-0.39, 0.29) is 6.04 Å². The Hall–Kier alpha value is -1.10. The summed E-state index contributed by atoms with van der Waals surface area (Å²) in [4.78, 5) is 2.33. The van der Waals surface area contributed by atoms with Gasteiger partial charge in [0.25, 0.3) is 0 Å². The third-order valence-electron chi connectivity index (χ3n) is 3.99. The highest BCUT2D eigenvalue weighted by Crippen LogP contribution is 2.32. The number of hydrogen-bond acceptors (Lipinski definition) is 4. The van der Waals surface area contributed by atoms with Gasteiger partial charge in [0.05, 0.1) is 13.2 Å². The number of nitrogens with two attached hydrogens (primary N) is 1. The molecule has 4 nitrogen and oxygen atoms in total. The predicted octanol–water partition coefficient (Wildman–Crippen LogP) is 1.22. The van der Waals surface area contributed by atoms with Crippen LogP contribution >= 0.6 is 0 Å². The number of benzene rings is 1. The van der Waals surface area contributed by atoms with Crippen LogP contribution in [0.2, 0.25) is 0 Å². The summed E-state index contributed by atoms with van der Waals surface area (Å²) in [6, 6.07) is 4.56. The molecule has 2 atom stereocenters. The Kier molecular flexibility index (Phi) is 4.45. The van der Waals surface area contributed by atoms with Gasteiger partial charge >= 0.3 is 0 Å². The Morgan fingerprint density at radius 1 is 1.42 bits per heavy atom. The molecule has 1 fully saturated rings. The molecule has 0 saturated carbocycles. The molecule has 1 heterocycles. The van der Waals surface area contributed by atoms with E-state index >= 15 is 0 Å². The zero-order valence-electron chi connectivity index (χ0n) is 12.4. The second-order valence-corrected chi connectivity index (χ2v) is 5.48. The quantitative estimate of drug-likeness (QED) is 0.861. The molecule has 1 aliphatic heterocycles. The smallest absolute Gasteiger partial charge is 0.126 e. The molecule has 1 aromatic carbocycles. The monoisotopic (exact) mass is 263 g/mol. The first-order valence-corrected chi connectivity index (χ1v) is 6.86. The van der Waals surface area contributed by atoms with Crippen molar-refractivity contribution in [1.82, 2.24) is 10.2 Å². The van der Waals surface area contributed by atoms with Gasteiger partial charge in [0.15, 0.2) is 0 Å². The summed E-state index contributed by atoms with van der Waals surface area (Å²) >= 11 is 0. The molecule has 3 N–H and O–H groups in total. The number of nitrogens with zero attached hydrogens (tertiary/aromatic N) is 1. The highest BCUT2D eigenvalue weighted by Gasteiger charge is 2.28. The van der Waals surface area contributed by atoms with Gasteiger partial charge in [-0.15, -0.1) is 0 Å². The Morgan fingerprint density at radius 2 is 2.16 bits per heavy atom. The van der Waals surface area contributed by atoms with Gasteiger partial charge in [0.2, 0.25) is 0 Å². The molecule has 19 heavy (non-hydrogen) atoms. The van der Waals surface area contributed by atoms with Crippen molar-refractivity contribution in [2.75, 3.05) is 33.8 Å². The van der Waals surface area contributed by atoms with Gasteiger partial charge in [-0.3, -0.25) is 4.90 Å². The van der Waals surface area contributed by atoms with E-state index in [1.54, 1.807) is 7.11 Å². The van der Waals surface area contributed by atoms with E-state index < -0.39 is 0 Å². The van der Waals surface area contributed by atoms with Crippen LogP contribution < -0.4 is 15.8 Å². The van der Waals surface area contributed by atoms with Crippen molar-refractivity contribution in [2.24, 2.45) is 5.73 Å². The van der Waals surface area contributed by atoms with Gasteiger partial charge in [-0.2, -0.15) is 0 Å². The molecule has 1 aromatic rings. The average molecular weight is 263 g/mol. The Balaban J connectivity index is 2.34. The average Bonchev–Trinajstić information content (AvgIpc) is 2.37. The largest absolute Gasteiger partial charge is 0.496 e. The standard InChI is InChI=1S/C15H25N3O/c1-10-7-11(2)15(19-4)12(8-10)14(16)13-9-17-5-6-18(13)3/h7-8,13-14,17H,5-6,9,16H2,1-4H3. The normalized spacial score (nSPS) is 22.3. The number of methoxy groups -OCH3 is 1. The van der Waals surface area contributed by atoms with Crippen LogP contribution in [-0.2, 0) is 0 Å². The summed E-state index contributed by atoms with van der Waals surface area (Å²) in [6.07, 6.45) is 0. The maximum absolute atomic E-state index is 6.51. The molecule has 2 unspecified atom stereocenters. The first kappa shape index (κ1) is 14.3. The van der Waals surface area contributed by atoms with E-state index in [0.29, 0.717) is 6.04 Å². The lowest BCUT2D eigenvalue weighted by molar-refractivity contribution is 0.172. The minimum atomic E-state index is -0.0358. The molecule has 4 heteroatoms. The molecule has 0 aliphatic carbocycles. The van der Waals surface area contributed by atoms with E-state index in [9.17, 15) is 0 Å². The van der Waals surface area contributed by atoms with Crippen LogP contribution in [0.3, 0.4) is 0 Å². The van der Waals surface area contributed by atoms with Crippen molar-refractivity contribution < 1.29 is 4.74 Å². The molecule has 0 aromatic heterocycles. The third kappa shape index (κ3) is 2.91. The van der Waals surface area contributed by atoms with Crippen LogP contribution in [0.4, 0.5) is 0 Å². The topological polar surface area (TPSA) is 50.5 Å². The molecule has 0 amide bonds. The fraction of sp³-hybridized carbons (Fsp3) is 0.600. The van der Waals surface area contributed by atoms with Gasteiger partial charge in [-0.25, -0.2) is 0 Å². The van der Waals surface area contributed by atoms with Gasteiger partial charge < -0.3 is 15.8 Å². The SMILES string of the molecule is COc1c(C)cc(C)cc1C(N)C1CNCCN1C. The summed E-state index contributed by atoms with van der Waals surface area (Å²) in [6.45, 7) is 7.17. The van der Waals surface area contributed by atoms with Crippen LogP contribution in [0.5, 0.6) is 5.75 Å². The van der Waals surface area contributed by atoms with Crippen LogP contribution in [-0.4, -0.2) is 44.7 Å². The maximum atomic E-state index is 6.51. The van der Waals surface area contributed by atoms with Crippen molar-refractivity contribution in [3.05, 3.63) is 28.8 Å². The van der Waals surface area contributed by atoms with Crippen molar-refractivity contribution in [3.63, 3.8) is 0 Å². The number of hydrogen-bond donors (Lipinski definition) is 2. The Bertz CT molecular complexity index is 447. The fourth-order valence-electron chi connectivity index (χ4n) is 2.95. The van der Waals surface area contributed by atoms with Gasteiger partial charge in [0, 0.05) is 31.2 Å². The van der Waals surface area contributed by atoms with E-state index in [0.717, 1.165) is 36.5 Å². The zero-order chi connectivity index (χ0) is 14.0. The van der Waals surface area contributed by atoms with Crippen molar-refractivity contribution in [3.8, 4) is 5.75 Å². The van der Waals surface area contributed by atoms with Gasteiger partial charge in [-0.1, -0.05) is 17.7 Å². The number of likely N-dealkylation sites (N-methyl/N-ethyl adjacent to an activating group) is 1. The maximum Gasteiger partial charge on any atom is 0.126 e. The van der Waals surface area contributed by atoms with Crippen molar-refractivity contribution >= 4 is 0 Å². The second kappa shape index (κ2) is 5.90. The van der Waals surface area contributed by atoms with Crippen molar-refractivity contribution in [1.29, 1.82) is 0 Å². The number of nitrogens with one attached hydrogen (secondary N) is 1. The minimum absolute atomic E-state index is 0.0358. The summed E-state index contributed by atoms with van der Waals surface area (Å²) in [5, 5.41) is 3.42. The van der Waals surface area contributed by atoms with E-state index in [2.05, 4.69) is 43.2 Å². The van der Waals surface area contributed by atoms with Gasteiger partial charge in [0.1, 0.15) is 5.75 Å². The molecule has 0 bridgehead atoms. The van der Waals surface area contributed by atoms with Crippen molar-refractivity contribution in [2.45, 2.75) is 25.9 Å². The highest BCUT2D eigenvalue weighted by atomic mass is 16.5. The first-order chi connectivity index (χ1) is 9.04. The van der Waals surface area contributed by atoms with Crippen LogP contribution in [0.15, 0.2) is 12.1 Å². The molecule has 0 radical (unpaired) electrons. The minimum Gasteiger partial charge on any atom is -0.496 e. The number of ether oxygens (including phenoxy) is 1. The molecule has 1 aliphatic rings. The van der Waals surface area contributed by atoms with Gasteiger partial charge in [-0.05, 0) is 26.5 Å². The molecular weight excluding hydrogens is 238 g/mol. The van der Waals surface area contributed by atoms with Crippen LogP contribution in [0, 0.1) is 13.8 Å². The summed E-state index contributed by atoms with van der Waals surface area (Å²) in [5.41, 5.74) is 10.0. The lowest BCUT2D eigenvalue weighted by atomic mass is 9.93. The van der Waals surface area contributed by atoms with E-state index in [1.165, 1.54) is 5.56 Å². The lowest BCUT2D eigenvalue weighted by Crippen LogP contribution is -2.53. The van der Waals surface area contributed by atoms with Crippen LogP contribution in [0.25, 0.3) is 0 Å². The summed E-state index contributed by atoms with van der Waals surface area (Å²) < 4.78 is 5.56. The Labute approximate surface area is 115 Å². The zero-order valence-corrected chi connectivity index (χ0v) is 12.4. The number of piperazine rings is 1. The summed E-state index contributed by atoms with van der Waals surface area (Å²) in [5.74, 6) is 0.928. The number of rotatable bonds is 3. The van der Waals surface area contributed by atoms with Crippen LogP contribution in [0.1, 0.15) is 22.7 Å². The fourth-order valence-corrected chi connectivity index (χ4v) is 2.95. The third-order valence-corrected chi connectivity index (χ3v) is 3.99. The lowest BCUT2D eigenvalue weighted by Gasteiger charge is -2.37. The highest BCUT2D eigenvalue weighted by molar-refractivity contribution is 5.46. The summed E-state index contributed by atoms with van der Waals surface area (Å²) in [7, 11) is 3.86. The molecule has 2 rings (SSSR count). The molecule has 106 valence electrons. The van der Waals surface area contributed by atoms with E-state index in [4.69, 9.17) is 10.5 Å². The molecule has 0 spiro atoms.